The summed E-state index contributed by atoms with van der Waals surface area (Å²) in [5.41, 5.74) is 1.72. The molecule has 0 amide bonds. The first kappa shape index (κ1) is 15.1. The molecule has 7 heteroatoms. The van der Waals surface area contributed by atoms with Crippen LogP contribution in [0.1, 0.15) is 18.1 Å². The Hall–Kier alpha value is -2.78. The second-order valence-electron chi connectivity index (χ2n) is 4.89. The summed E-state index contributed by atoms with van der Waals surface area (Å²) in [4.78, 5) is 27.4. The lowest BCUT2D eigenvalue weighted by molar-refractivity contribution is -0.131. The van der Waals surface area contributed by atoms with Crippen molar-refractivity contribution in [2.24, 2.45) is 0 Å². The van der Waals surface area contributed by atoms with Crippen LogP contribution in [0.5, 0.6) is 5.75 Å². The quantitative estimate of drug-likeness (QED) is 0.590. The van der Waals surface area contributed by atoms with Gasteiger partial charge in [0.15, 0.2) is 5.75 Å². The van der Waals surface area contributed by atoms with Crippen molar-refractivity contribution in [3.8, 4) is 11.8 Å². The van der Waals surface area contributed by atoms with E-state index in [2.05, 4.69) is 4.98 Å². The number of imidazole rings is 1. The fraction of sp³-hybridized carbons (Fsp3) is 0.188. The SMILES string of the molecule is CCc1c(OC(=O)CCl)c(C#N)c2[nH]c3ccccc3n2c1=O. The number of nitrogens with one attached hydrogen (secondary N) is 1. The molecule has 116 valence electrons. The molecular weight excluding hydrogens is 318 g/mol. The van der Waals surface area contributed by atoms with Gasteiger partial charge in [-0.25, -0.2) is 0 Å². The lowest BCUT2D eigenvalue weighted by Gasteiger charge is -2.10. The number of aromatic amines is 1. The van der Waals surface area contributed by atoms with E-state index in [1.165, 1.54) is 4.40 Å². The van der Waals surface area contributed by atoms with Crippen molar-refractivity contribution in [2.75, 3.05) is 5.88 Å². The van der Waals surface area contributed by atoms with Gasteiger partial charge in [-0.3, -0.25) is 14.0 Å². The fourth-order valence-corrected chi connectivity index (χ4v) is 2.68. The van der Waals surface area contributed by atoms with Gasteiger partial charge in [-0.05, 0) is 18.6 Å². The number of hydrogen-bond donors (Lipinski definition) is 1. The molecule has 0 bridgehead atoms. The minimum Gasteiger partial charge on any atom is -0.424 e. The topological polar surface area (TPSA) is 87.4 Å². The van der Waals surface area contributed by atoms with Crippen LogP contribution in [-0.2, 0) is 11.2 Å². The highest BCUT2D eigenvalue weighted by Crippen LogP contribution is 2.28. The van der Waals surface area contributed by atoms with Crippen LogP contribution in [0.25, 0.3) is 16.7 Å². The monoisotopic (exact) mass is 329 g/mol. The maximum atomic E-state index is 12.8. The molecular formula is C16H12ClN3O3. The van der Waals surface area contributed by atoms with Crippen LogP contribution in [0.15, 0.2) is 29.1 Å². The number of hydrogen-bond acceptors (Lipinski definition) is 4. The summed E-state index contributed by atoms with van der Waals surface area (Å²) in [6, 6.07) is 9.24. The number of alkyl halides is 1. The standard InChI is InChI=1S/C16H12ClN3O3/c1-2-9-14(23-13(21)7-17)10(8-18)15-19-11-5-3-4-6-12(11)20(15)16(9)22/h3-6,19H,2,7H2,1H3. The predicted molar refractivity (Wildman–Crippen MR) is 86.0 cm³/mol. The summed E-state index contributed by atoms with van der Waals surface area (Å²) in [7, 11) is 0. The number of fused-ring (bicyclic) bond motifs is 3. The highest BCUT2D eigenvalue weighted by atomic mass is 35.5. The molecule has 0 saturated heterocycles. The van der Waals surface area contributed by atoms with E-state index in [1.807, 2.05) is 12.1 Å². The van der Waals surface area contributed by atoms with Gasteiger partial charge in [0.25, 0.3) is 5.56 Å². The van der Waals surface area contributed by atoms with Crippen molar-refractivity contribution in [3.05, 3.63) is 45.7 Å². The molecule has 6 nitrogen and oxygen atoms in total. The molecule has 2 aromatic heterocycles. The van der Waals surface area contributed by atoms with E-state index >= 15 is 0 Å². The third-order valence-electron chi connectivity index (χ3n) is 3.61. The third-order valence-corrected chi connectivity index (χ3v) is 3.83. The Morgan fingerprint density at radius 2 is 2.17 bits per heavy atom. The molecule has 23 heavy (non-hydrogen) atoms. The lowest BCUT2D eigenvalue weighted by Crippen LogP contribution is -2.22. The molecule has 0 aliphatic heterocycles. The van der Waals surface area contributed by atoms with Gasteiger partial charge in [0.2, 0.25) is 0 Å². The Kier molecular flexibility index (Phi) is 3.80. The molecule has 3 rings (SSSR count). The average Bonchev–Trinajstić information content (AvgIpc) is 2.94. The molecule has 0 aliphatic rings. The Bertz CT molecular complexity index is 1030. The lowest BCUT2D eigenvalue weighted by atomic mass is 10.1. The van der Waals surface area contributed by atoms with Crippen molar-refractivity contribution in [1.82, 2.24) is 9.38 Å². The van der Waals surface area contributed by atoms with Crippen LogP contribution >= 0.6 is 11.6 Å². The van der Waals surface area contributed by atoms with Gasteiger partial charge >= 0.3 is 5.97 Å². The van der Waals surface area contributed by atoms with Gasteiger partial charge in [-0.1, -0.05) is 19.1 Å². The number of para-hydroxylation sites is 2. The predicted octanol–water partition coefficient (Wildman–Crippen LogP) is 2.36. The van der Waals surface area contributed by atoms with Crippen LogP contribution in [-0.4, -0.2) is 21.2 Å². The zero-order valence-electron chi connectivity index (χ0n) is 12.2. The van der Waals surface area contributed by atoms with Gasteiger partial charge < -0.3 is 9.72 Å². The number of aromatic nitrogens is 2. The molecule has 1 N–H and O–H groups in total. The molecule has 0 fully saturated rings. The van der Waals surface area contributed by atoms with Crippen LogP contribution in [0, 0.1) is 11.3 Å². The number of esters is 1. The minimum absolute atomic E-state index is 0.0165. The van der Waals surface area contributed by atoms with E-state index in [9.17, 15) is 14.9 Å². The highest BCUT2D eigenvalue weighted by Gasteiger charge is 2.22. The van der Waals surface area contributed by atoms with Crippen LogP contribution < -0.4 is 10.3 Å². The molecule has 3 aromatic rings. The third kappa shape index (κ3) is 2.26. The summed E-state index contributed by atoms with van der Waals surface area (Å²) in [6.45, 7) is 1.76. The number of carbonyl (C=O) groups is 1. The number of carbonyl (C=O) groups excluding carboxylic acids is 1. The van der Waals surface area contributed by atoms with Crippen molar-refractivity contribution in [1.29, 1.82) is 5.26 Å². The molecule has 0 saturated carbocycles. The molecule has 0 aliphatic carbocycles. The van der Waals surface area contributed by atoms with E-state index in [1.54, 1.807) is 25.1 Å². The summed E-state index contributed by atoms with van der Waals surface area (Å²) in [5.74, 6) is -1.09. The van der Waals surface area contributed by atoms with Gasteiger partial charge in [-0.2, -0.15) is 5.26 Å². The van der Waals surface area contributed by atoms with Crippen LogP contribution in [0.3, 0.4) is 0 Å². The Labute approximate surface area is 135 Å². The minimum atomic E-state index is -0.710. The summed E-state index contributed by atoms with van der Waals surface area (Å²) < 4.78 is 6.60. The van der Waals surface area contributed by atoms with Gasteiger partial charge in [0, 0.05) is 0 Å². The van der Waals surface area contributed by atoms with Gasteiger partial charge in [0.05, 0.1) is 16.6 Å². The maximum absolute atomic E-state index is 12.8. The normalized spacial score (nSPS) is 10.8. The van der Waals surface area contributed by atoms with Gasteiger partial charge in [-0.15, -0.1) is 11.6 Å². The number of rotatable bonds is 3. The van der Waals surface area contributed by atoms with Crippen molar-refractivity contribution < 1.29 is 9.53 Å². The summed E-state index contributed by atoms with van der Waals surface area (Å²) in [6.07, 6.45) is 0.320. The zero-order chi connectivity index (χ0) is 16.6. The Morgan fingerprint density at radius 3 is 2.83 bits per heavy atom. The molecule has 2 heterocycles. The summed E-state index contributed by atoms with van der Waals surface area (Å²) in [5, 5.41) is 9.53. The van der Waals surface area contributed by atoms with E-state index in [4.69, 9.17) is 16.3 Å². The Balaban J connectivity index is 2.49. The number of benzene rings is 1. The second-order valence-corrected chi connectivity index (χ2v) is 5.15. The molecule has 0 radical (unpaired) electrons. The number of pyridine rings is 1. The first-order valence-electron chi connectivity index (χ1n) is 6.97. The number of nitriles is 1. The van der Waals surface area contributed by atoms with Gasteiger partial charge in [0.1, 0.15) is 23.2 Å². The maximum Gasteiger partial charge on any atom is 0.326 e. The second kappa shape index (κ2) is 5.78. The van der Waals surface area contributed by atoms with E-state index in [0.717, 1.165) is 0 Å². The average molecular weight is 330 g/mol. The molecule has 0 spiro atoms. The smallest absolute Gasteiger partial charge is 0.326 e. The van der Waals surface area contributed by atoms with Crippen molar-refractivity contribution in [2.45, 2.75) is 13.3 Å². The summed E-state index contributed by atoms with van der Waals surface area (Å²) >= 11 is 5.47. The molecule has 0 unspecified atom stereocenters. The number of H-pyrrole nitrogens is 1. The molecule has 1 aromatic carbocycles. The number of nitrogens with zero attached hydrogens (tertiary/aromatic N) is 2. The number of ether oxygens (including phenoxy) is 1. The largest absolute Gasteiger partial charge is 0.424 e. The first-order valence-corrected chi connectivity index (χ1v) is 7.50. The van der Waals surface area contributed by atoms with E-state index < -0.39 is 5.97 Å². The van der Waals surface area contributed by atoms with Crippen LogP contribution in [0.4, 0.5) is 0 Å². The van der Waals surface area contributed by atoms with E-state index in [0.29, 0.717) is 23.1 Å². The molecule has 0 atom stereocenters. The van der Waals surface area contributed by atoms with Crippen molar-refractivity contribution in [3.63, 3.8) is 0 Å². The van der Waals surface area contributed by atoms with Crippen molar-refractivity contribution >= 4 is 34.3 Å². The number of halogens is 1. The Morgan fingerprint density at radius 1 is 1.43 bits per heavy atom. The first-order chi connectivity index (χ1) is 11.1. The van der Waals surface area contributed by atoms with Crippen LogP contribution in [0.2, 0.25) is 0 Å². The van der Waals surface area contributed by atoms with E-state index in [-0.39, 0.29) is 28.3 Å². The highest BCUT2D eigenvalue weighted by molar-refractivity contribution is 6.26. The zero-order valence-corrected chi connectivity index (χ0v) is 13.0. The fourth-order valence-electron chi connectivity index (χ4n) is 2.62.